The predicted molar refractivity (Wildman–Crippen MR) is 59.4 cm³/mol. The Morgan fingerprint density at radius 1 is 1.36 bits per heavy atom. The smallest absolute Gasteiger partial charge is 0.120 e. The third kappa shape index (κ3) is 2.26. The highest BCUT2D eigenvalue weighted by atomic mass is 16.3. The molecule has 0 amide bonds. The molecule has 78 valence electrons. The molecule has 0 aliphatic rings. The van der Waals surface area contributed by atoms with Crippen LogP contribution in [0.15, 0.2) is 12.1 Å². The Kier molecular flexibility index (Phi) is 3.53. The minimum Gasteiger partial charge on any atom is -0.508 e. The van der Waals surface area contributed by atoms with Gasteiger partial charge in [-0.15, -0.1) is 0 Å². The molecule has 2 heteroatoms. The van der Waals surface area contributed by atoms with Gasteiger partial charge in [0.15, 0.2) is 0 Å². The van der Waals surface area contributed by atoms with Crippen LogP contribution in [0.5, 0.6) is 5.75 Å². The molecule has 14 heavy (non-hydrogen) atoms. The van der Waals surface area contributed by atoms with Crippen LogP contribution in [-0.2, 0) is 0 Å². The lowest BCUT2D eigenvalue weighted by atomic mass is 9.96. The molecule has 3 N–H and O–H groups in total. The van der Waals surface area contributed by atoms with E-state index in [2.05, 4.69) is 13.0 Å². The van der Waals surface area contributed by atoms with Crippen LogP contribution in [0.1, 0.15) is 42.5 Å². The third-order valence-electron chi connectivity index (χ3n) is 2.48. The number of aryl methyl sites for hydroxylation is 2. The maximum Gasteiger partial charge on any atom is 0.120 e. The Bertz CT molecular complexity index is 297. The molecular formula is C12H19NO. The topological polar surface area (TPSA) is 46.2 Å². The van der Waals surface area contributed by atoms with Crippen LogP contribution in [0.3, 0.4) is 0 Å². The van der Waals surface area contributed by atoms with Gasteiger partial charge in [0, 0.05) is 11.6 Å². The van der Waals surface area contributed by atoms with E-state index < -0.39 is 0 Å². The summed E-state index contributed by atoms with van der Waals surface area (Å²) in [7, 11) is 0. The van der Waals surface area contributed by atoms with Crippen molar-refractivity contribution >= 4 is 0 Å². The summed E-state index contributed by atoms with van der Waals surface area (Å²) < 4.78 is 0. The summed E-state index contributed by atoms with van der Waals surface area (Å²) in [6, 6.07) is 3.79. The molecule has 1 aromatic rings. The second-order valence-electron chi connectivity index (χ2n) is 3.91. The van der Waals surface area contributed by atoms with Gasteiger partial charge in [-0.05, 0) is 37.5 Å². The largest absolute Gasteiger partial charge is 0.508 e. The van der Waals surface area contributed by atoms with Crippen molar-refractivity contribution < 1.29 is 5.11 Å². The molecule has 0 aliphatic carbocycles. The van der Waals surface area contributed by atoms with Crippen LogP contribution in [-0.4, -0.2) is 5.11 Å². The zero-order chi connectivity index (χ0) is 10.7. The second-order valence-corrected chi connectivity index (χ2v) is 3.91. The molecule has 0 radical (unpaired) electrons. The quantitative estimate of drug-likeness (QED) is 0.775. The summed E-state index contributed by atoms with van der Waals surface area (Å²) in [6.45, 7) is 6.07. The van der Waals surface area contributed by atoms with Gasteiger partial charge in [-0.1, -0.05) is 19.4 Å². The molecule has 0 aromatic heterocycles. The van der Waals surface area contributed by atoms with E-state index in [0.717, 1.165) is 29.5 Å². The van der Waals surface area contributed by atoms with Gasteiger partial charge in [-0.3, -0.25) is 0 Å². The van der Waals surface area contributed by atoms with Crippen molar-refractivity contribution in [3.05, 3.63) is 28.8 Å². The fourth-order valence-corrected chi connectivity index (χ4v) is 1.89. The fraction of sp³-hybridized carbons (Fsp3) is 0.500. The minimum atomic E-state index is -0.0411. The van der Waals surface area contributed by atoms with E-state index in [1.807, 2.05) is 13.8 Å². The summed E-state index contributed by atoms with van der Waals surface area (Å²) in [4.78, 5) is 0. The molecule has 1 aromatic carbocycles. The van der Waals surface area contributed by atoms with E-state index >= 15 is 0 Å². The number of phenols is 1. The van der Waals surface area contributed by atoms with Crippen LogP contribution >= 0.6 is 0 Å². The van der Waals surface area contributed by atoms with Gasteiger partial charge < -0.3 is 10.8 Å². The van der Waals surface area contributed by atoms with Crippen LogP contribution in [0.4, 0.5) is 0 Å². The Labute approximate surface area is 85.8 Å². The van der Waals surface area contributed by atoms with Gasteiger partial charge in [0.1, 0.15) is 5.75 Å². The number of hydrogen-bond acceptors (Lipinski definition) is 2. The third-order valence-corrected chi connectivity index (χ3v) is 2.48. The van der Waals surface area contributed by atoms with Crippen LogP contribution in [0.25, 0.3) is 0 Å². The summed E-state index contributed by atoms with van der Waals surface area (Å²) >= 11 is 0. The molecule has 0 saturated carbocycles. The van der Waals surface area contributed by atoms with Crippen molar-refractivity contribution in [3.63, 3.8) is 0 Å². The van der Waals surface area contributed by atoms with Gasteiger partial charge in [-0.25, -0.2) is 0 Å². The summed E-state index contributed by atoms with van der Waals surface area (Å²) in [6.07, 6.45) is 1.95. The summed E-state index contributed by atoms with van der Waals surface area (Å²) in [5, 5.41) is 9.79. The van der Waals surface area contributed by atoms with Crippen molar-refractivity contribution in [1.82, 2.24) is 0 Å². The summed E-state index contributed by atoms with van der Waals surface area (Å²) in [5.74, 6) is 0.337. The minimum absolute atomic E-state index is 0.0411. The van der Waals surface area contributed by atoms with E-state index in [1.165, 1.54) is 0 Å². The zero-order valence-corrected chi connectivity index (χ0v) is 9.17. The van der Waals surface area contributed by atoms with Gasteiger partial charge in [0.2, 0.25) is 0 Å². The first-order chi connectivity index (χ1) is 6.56. The highest BCUT2D eigenvalue weighted by Gasteiger charge is 2.13. The SMILES string of the molecule is CCC[C@@H](N)c1c(C)cc(C)cc1O. The van der Waals surface area contributed by atoms with E-state index in [-0.39, 0.29) is 6.04 Å². The molecule has 0 saturated heterocycles. The monoisotopic (exact) mass is 193 g/mol. The first-order valence-corrected chi connectivity index (χ1v) is 5.12. The number of rotatable bonds is 3. The molecule has 0 heterocycles. The molecule has 0 unspecified atom stereocenters. The maximum atomic E-state index is 9.79. The lowest BCUT2D eigenvalue weighted by molar-refractivity contribution is 0.456. The molecule has 1 rings (SSSR count). The van der Waals surface area contributed by atoms with E-state index in [4.69, 9.17) is 5.73 Å². The van der Waals surface area contributed by atoms with Crippen LogP contribution < -0.4 is 5.73 Å². The molecule has 0 aliphatic heterocycles. The Morgan fingerprint density at radius 2 is 2.00 bits per heavy atom. The van der Waals surface area contributed by atoms with E-state index in [0.29, 0.717) is 5.75 Å². The molecule has 2 nitrogen and oxygen atoms in total. The number of aromatic hydroxyl groups is 1. The average molecular weight is 193 g/mol. The van der Waals surface area contributed by atoms with Gasteiger partial charge >= 0.3 is 0 Å². The number of benzene rings is 1. The lowest BCUT2D eigenvalue weighted by Crippen LogP contribution is -2.11. The van der Waals surface area contributed by atoms with Crippen molar-refractivity contribution in [1.29, 1.82) is 0 Å². The molecule has 0 bridgehead atoms. The molecule has 1 atom stereocenters. The van der Waals surface area contributed by atoms with Crippen molar-refractivity contribution in [2.24, 2.45) is 5.73 Å². The van der Waals surface area contributed by atoms with Crippen LogP contribution in [0, 0.1) is 13.8 Å². The second kappa shape index (κ2) is 4.47. The number of nitrogens with two attached hydrogens (primary N) is 1. The Hall–Kier alpha value is -1.02. The standard InChI is InChI=1S/C12H19NO/c1-4-5-10(13)12-9(3)6-8(2)7-11(12)14/h6-7,10,14H,4-5,13H2,1-3H3/t10-/m1/s1. The van der Waals surface area contributed by atoms with Gasteiger partial charge in [0.05, 0.1) is 0 Å². The van der Waals surface area contributed by atoms with Gasteiger partial charge in [-0.2, -0.15) is 0 Å². The normalized spacial score (nSPS) is 12.9. The highest BCUT2D eigenvalue weighted by Crippen LogP contribution is 2.29. The van der Waals surface area contributed by atoms with Crippen molar-refractivity contribution in [2.45, 2.75) is 39.7 Å². The lowest BCUT2D eigenvalue weighted by Gasteiger charge is -2.16. The number of phenolic OH excluding ortho intramolecular Hbond substituents is 1. The Balaban J connectivity index is 3.07. The average Bonchev–Trinajstić information content (AvgIpc) is 2.01. The molecule has 0 fully saturated rings. The van der Waals surface area contributed by atoms with E-state index in [1.54, 1.807) is 6.07 Å². The van der Waals surface area contributed by atoms with Gasteiger partial charge in [0.25, 0.3) is 0 Å². The predicted octanol–water partition coefficient (Wildman–Crippen LogP) is 2.81. The highest BCUT2D eigenvalue weighted by molar-refractivity contribution is 5.43. The summed E-state index contributed by atoms with van der Waals surface area (Å²) in [5.41, 5.74) is 9.06. The maximum absolute atomic E-state index is 9.79. The van der Waals surface area contributed by atoms with Crippen LogP contribution in [0.2, 0.25) is 0 Å². The Morgan fingerprint density at radius 3 is 2.50 bits per heavy atom. The fourth-order valence-electron chi connectivity index (χ4n) is 1.89. The molecule has 0 spiro atoms. The first kappa shape index (κ1) is 11.1. The van der Waals surface area contributed by atoms with Crippen molar-refractivity contribution in [3.8, 4) is 5.75 Å². The van der Waals surface area contributed by atoms with E-state index in [9.17, 15) is 5.11 Å². The molecular weight excluding hydrogens is 174 g/mol. The zero-order valence-electron chi connectivity index (χ0n) is 9.17. The number of hydrogen-bond donors (Lipinski definition) is 2. The first-order valence-electron chi connectivity index (χ1n) is 5.12. The van der Waals surface area contributed by atoms with Crippen molar-refractivity contribution in [2.75, 3.05) is 0 Å².